The van der Waals surface area contributed by atoms with Crippen LogP contribution in [0.1, 0.15) is 0 Å². The number of amides is 2. The van der Waals surface area contributed by atoms with E-state index in [0.29, 0.717) is 19.6 Å². The van der Waals surface area contributed by atoms with E-state index >= 15 is 0 Å². The van der Waals surface area contributed by atoms with Crippen LogP contribution >= 0.6 is 0 Å². The van der Waals surface area contributed by atoms with Crippen molar-refractivity contribution in [2.45, 2.75) is 0 Å². The van der Waals surface area contributed by atoms with Crippen molar-refractivity contribution >= 4 is 11.8 Å². The molecule has 1 aliphatic rings. The van der Waals surface area contributed by atoms with E-state index in [1.54, 1.807) is 0 Å². The molecule has 0 saturated heterocycles. The Balaban J connectivity index is 2.22. The van der Waals surface area contributed by atoms with Gasteiger partial charge in [0.25, 0.3) is 11.8 Å². The first kappa shape index (κ1) is 9.88. The maximum Gasteiger partial charge on any atom is 0.253 e. The third kappa shape index (κ3) is 2.64. The minimum Gasteiger partial charge on any atom is -0.395 e. The van der Waals surface area contributed by atoms with Crippen molar-refractivity contribution < 1.29 is 14.7 Å². The summed E-state index contributed by atoms with van der Waals surface area (Å²) in [6.07, 6.45) is 2.52. The van der Waals surface area contributed by atoms with E-state index in [4.69, 9.17) is 5.11 Å². The molecule has 0 radical (unpaired) electrons. The number of nitrogens with one attached hydrogen (secondary N) is 1. The molecule has 1 rings (SSSR count). The van der Waals surface area contributed by atoms with E-state index in [9.17, 15) is 9.59 Å². The number of rotatable bonds is 5. The summed E-state index contributed by atoms with van der Waals surface area (Å²) in [4.78, 5) is 23.1. The maximum atomic E-state index is 11.0. The summed E-state index contributed by atoms with van der Waals surface area (Å²) in [5.41, 5.74) is 0. The van der Waals surface area contributed by atoms with E-state index < -0.39 is 0 Å². The lowest BCUT2D eigenvalue weighted by molar-refractivity contribution is -0.136. The van der Waals surface area contributed by atoms with Gasteiger partial charge in [0.2, 0.25) is 0 Å². The first-order valence-electron chi connectivity index (χ1n) is 4.11. The molecule has 0 bridgehead atoms. The van der Waals surface area contributed by atoms with E-state index in [2.05, 4.69) is 5.32 Å². The molecule has 5 heteroatoms. The predicted molar refractivity (Wildman–Crippen MR) is 45.8 cm³/mol. The molecule has 1 aliphatic heterocycles. The zero-order valence-electron chi connectivity index (χ0n) is 7.19. The average molecular weight is 184 g/mol. The molecule has 0 unspecified atom stereocenters. The van der Waals surface area contributed by atoms with Crippen LogP contribution in [0.5, 0.6) is 0 Å². The van der Waals surface area contributed by atoms with Crippen LogP contribution < -0.4 is 5.32 Å². The number of carbonyl (C=O) groups excluding carboxylic acids is 2. The van der Waals surface area contributed by atoms with Crippen LogP contribution in [0.15, 0.2) is 12.2 Å². The molecule has 72 valence electrons. The number of imide groups is 1. The van der Waals surface area contributed by atoms with E-state index in [1.165, 1.54) is 12.2 Å². The van der Waals surface area contributed by atoms with Crippen LogP contribution in [-0.2, 0) is 9.59 Å². The van der Waals surface area contributed by atoms with E-state index in [-0.39, 0.29) is 18.4 Å². The molecule has 0 aromatic rings. The number of aliphatic hydroxyl groups is 1. The maximum absolute atomic E-state index is 11.0. The third-order valence-electron chi connectivity index (χ3n) is 1.70. The fraction of sp³-hybridized carbons (Fsp3) is 0.500. The Bertz CT molecular complexity index is 220. The molecule has 0 saturated carbocycles. The van der Waals surface area contributed by atoms with Crippen LogP contribution in [-0.4, -0.2) is 48.1 Å². The van der Waals surface area contributed by atoms with Crippen molar-refractivity contribution in [2.24, 2.45) is 0 Å². The Morgan fingerprint density at radius 1 is 1.23 bits per heavy atom. The summed E-state index contributed by atoms with van der Waals surface area (Å²) in [6, 6.07) is 0. The van der Waals surface area contributed by atoms with Crippen molar-refractivity contribution in [2.75, 3.05) is 26.2 Å². The lowest BCUT2D eigenvalue weighted by Gasteiger charge is -2.13. The van der Waals surface area contributed by atoms with Gasteiger partial charge in [-0.1, -0.05) is 0 Å². The molecule has 2 amide bonds. The zero-order valence-corrected chi connectivity index (χ0v) is 7.19. The lowest BCUT2D eigenvalue weighted by atomic mass is 10.5. The molecule has 0 aromatic carbocycles. The van der Waals surface area contributed by atoms with Gasteiger partial charge in [0.05, 0.1) is 6.61 Å². The van der Waals surface area contributed by atoms with Gasteiger partial charge in [0, 0.05) is 31.8 Å². The first-order chi connectivity index (χ1) is 6.25. The molecule has 0 fully saturated rings. The second-order valence-electron chi connectivity index (χ2n) is 2.64. The summed E-state index contributed by atoms with van der Waals surface area (Å²) in [5.74, 6) is -0.536. The van der Waals surface area contributed by atoms with Crippen molar-refractivity contribution in [3.8, 4) is 0 Å². The molecule has 0 aromatic heterocycles. The van der Waals surface area contributed by atoms with E-state index in [1.807, 2.05) is 0 Å². The van der Waals surface area contributed by atoms with Gasteiger partial charge in [-0.3, -0.25) is 14.5 Å². The number of nitrogens with zero attached hydrogens (tertiary/aromatic N) is 1. The summed E-state index contributed by atoms with van der Waals surface area (Å²) in [7, 11) is 0. The van der Waals surface area contributed by atoms with Crippen LogP contribution in [0, 0.1) is 0 Å². The van der Waals surface area contributed by atoms with Crippen molar-refractivity contribution in [1.29, 1.82) is 0 Å². The van der Waals surface area contributed by atoms with Crippen LogP contribution in [0.25, 0.3) is 0 Å². The monoisotopic (exact) mass is 184 g/mol. The van der Waals surface area contributed by atoms with E-state index in [0.717, 1.165) is 4.90 Å². The Kier molecular flexibility index (Phi) is 3.60. The van der Waals surface area contributed by atoms with Crippen LogP contribution in [0.2, 0.25) is 0 Å². The zero-order chi connectivity index (χ0) is 9.68. The normalized spacial score (nSPS) is 15.9. The molecule has 0 aliphatic carbocycles. The van der Waals surface area contributed by atoms with Gasteiger partial charge in [0.15, 0.2) is 0 Å². The van der Waals surface area contributed by atoms with Crippen LogP contribution in [0.4, 0.5) is 0 Å². The molecular weight excluding hydrogens is 172 g/mol. The largest absolute Gasteiger partial charge is 0.395 e. The second-order valence-corrected chi connectivity index (χ2v) is 2.64. The van der Waals surface area contributed by atoms with Gasteiger partial charge in [-0.15, -0.1) is 0 Å². The molecule has 13 heavy (non-hydrogen) atoms. The Labute approximate surface area is 76.0 Å². The standard InChI is InChI=1S/C8H12N2O3/c11-6-4-9-3-5-10-7(12)1-2-8(10)13/h1-2,9,11H,3-6H2. The fourth-order valence-corrected chi connectivity index (χ4v) is 1.05. The minimum absolute atomic E-state index is 0.0557. The highest BCUT2D eigenvalue weighted by Crippen LogP contribution is 2.01. The molecule has 5 nitrogen and oxygen atoms in total. The topological polar surface area (TPSA) is 69.6 Å². The molecule has 1 heterocycles. The predicted octanol–water partition coefficient (Wildman–Crippen LogP) is -1.51. The van der Waals surface area contributed by atoms with Gasteiger partial charge >= 0.3 is 0 Å². The first-order valence-corrected chi connectivity index (χ1v) is 4.11. The smallest absolute Gasteiger partial charge is 0.253 e. The summed E-state index contributed by atoms with van der Waals surface area (Å²) < 4.78 is 0. The highest BCUT2D eigenvalue weighted by Gasteiger charge is 2.21. The minimum atomic E-state index is -0.268. The Morgan fingerprint density at radius 2 is 1.85 bits per heavy atom. The summed E-state index contributed by atoms with van der Waals surface area (Å²) in [6.45, 7) is 1.40. The number of carbonyl (C=O) groups is 2. The summed E-state index contributed by atoms with van der Waals surface area (Å²) >= 11 is 0. The van der Waals surface area contributed by atoms with Crippen molar-refractivity contribution in [3.05, 3.63) is 12.2 Å². The number of aliphatic hydroxyl groups excluding tert-OH is 1. The van der Waals surface area contributed by atoms with Crippen molar-refractivity contribution in [1.82, 2.24) is 10.2 Å². The summed E-state index contributed by atoms with van der Waals surface area (Å²) in [5, 5.41) is 11.3. The average Bonchev–Trinajstić information content (AvgIpc) is 2.42. The quantitative estimate of drug-likeness (QED) is 0.403. The van der Waals surface area contributed by atoms with Gasteiger partial charge in [0.1, 0.15) is 0 Å². The second kappa shape index (κ2) is 4.74. The third-order valence-corrected chi connectivity index (χ3v) is 1.70. The van der Waals surface area contributed by atoms with Gasteiger partial charge in [-0.2, -0.15) is 0 Å². The number of hydrogen-bond acceptors (Lipinski definition) is 4. The van der Waals surface area contributed by atoms with Gasteiger partial charge in [-0.25, -0.2) is 0 Å². The van der Waals surface area contributed by atoms with Crippen LogP contribution in [0.3, 0.4) is 0 Å². The molecular formula is C8H12N2O3. The highest BCUT2D eigenvalue weighted by molar-refractivity contribution is 6.12. The molecule has 0 atom stereocenters. The van der Waals surface area contributed by atoms with Gasteiger partial charge < -0.3 is 10.4 Å². The Morgan fingerprint density at radius 3 is 2.38 bits per heavy atom. The van der Waals surface area contributed by atoms with Crippen molar-refractivity contribution in [3.63, 3.8) is 0 Å². The SMILES string of the molecule is O=C1C=CC(=O)N1CCNCCO. The molecule has 2 N–H and O–H groups in total. The lowest BCUT2D eigenvalue weighted by Crippen LogP contribution is -2.37. The van der Waals surface area contributed by atoms with Gasteiger partial charge in [-0.05, 0) is 0 Å². The fourth-order valence-electron chi connectivity index (χ4n) is 1.05. The highest BCUT2D eigenvalue weighted by atomic mass is 16.3. The number of hydrogen-bond donors (Lipinski definition) is 2. The molecule has 0 spiro atoms. The Hall–Kier alpha value is -1.20.